The van der Waals surface area contributed by atoms with Crippen LogP contribution in [0.1, 0.15) is 49.9 Å². The fourth-order valence-corrected chi connectivity index (χ4v) is 4.33. The van der Waals surface area contributed by atoms with Crippen LogP contribution in [-0.4, -0.2) is 35.0 Å². The molecule has 11 heteroatoms. The highest BCUT2D eigenvalue weighted by Gasteiger charge is 2.30. The van der Waals surface area contributed by atoms with Crippen LogP contribution >= 0.6 is 0 Å². The Hall–Kier alpha value is -5.19. The molecule has 4 rings (SSSR count). The quantitative estimate of drug-likeness (QED) is 0.156. The van der Waals surface area contributed by atoms with E-state index in [1.807, 2.05) is 48.5 Å². The minimum Gasteiger partial charge on any atom is -0.444 e. The molecule has 0 fully saturated rings. The number of hydrogen-bond acceptors (Lipinski definition) is 7. The standard InChI is InChI=1S/C31H33N5O6/c1-19(37)33-18-21-5-9-22(10-6-21)28(27-25-17-24(36(40)41)13-14-26(25)35-29(27)38)34-23-11-7-20(8-12-23)15-16-32-30(39)42-31(2,3)4/h5-14,17,34H,15-16,18H2,1-4H3,(H,32,39)(H,33,37)(H,35,38)/b28-27-. The van der Waals surface area contributed by atoms with E-state index in [1.54, 1.807) is 20.8 Å². The highest BCUT2D eigenvalue weighted by atomic mass is 16.6. The number of ether oxygens (including phenoxy) is 1. The molecule has 0 bridgehead atoms. The van der Waals surface area contributed by atoms with Crippen LogP contribution in [0.3, 0.4) is 0 Å². The number of nitrogens with one attached hydrogen (secondary N) is 4. The average Bonchev–Trinajstić information content (AvgIpc) is 3.25. The van der Waals surface area contributed by atoms with Gasteiger partial charge in [-0.1, -0.05) is 36.4 Å². The molecular weight excluding hydrogens is 538 g/mol. The molecule has 11 nitrogen and oxygen atoms in total. The molecule has 4 N–H and O–H groups in total. The normalized spacial score (nSPS) is 13.5. The lowest BCUT2D eigenvalue weighted by Crippen LogP contribution is -2.33. The second kappa shape index (κ2) is 12.5. The first-order valence-corrected chi connectivity index (χ1v) is 13.4. The molecule has 3 amide bonds. The number of anilines is 2. The van der Waals surface area contributed by atoms with Gasteiger partial charge in [-0.2, -0.15) is 0 Å². The molecule has 0 unspecified atom stereocenters. The van der Waals surface area contributed by atoms with Gasteiger partial charge in [-0.3, -0.25) is 19.7 Å². The molecule has 0 aliphatic carbocycles. The van der Waals surface area contributed by atoms with Crippen molar-refractivity contribution < 1.29 is 24.0 Å². The summed E-state index contributed by atoms with van der Waals surface area (Å²) in [5.74, 6) is -0.534. The third kappa shape index (κ3) is 7.72. The Labute approximate surface area is 243 Å². The van der Waals surface area contributed by atoms with Gasteiger partial charge in [-0.15, -0.1) is 0 Å². The smallest absolute Gasteiger partial charge is 0.407 e. The topological polar surface area (TPSA) is 152 Å². The minimum absolute atomic E-state index is 0.128. The van der Waals surface area contributed by atoms with E-state index in [-0.39, 0.29) is 23.1 Å². The van der Waals surface area contributed by atoms with Crippen LogP contribution in [0.5, 0.6) is 0 Å². The molecule has 0 aromatic heterocycles. The second-order valence-electron chi connectivity index (χ2n) is 10.8. The summed E-state index contributed by atoms with van der Waals surface area (Å²) in [4.78, 5) is 47.4. The molecule has 0 saturated heterocycles. The largest absolute Gasteiger partial charge is 0.444 e. The van der Waals surface area contributed by atoms with E-state index in [0.29, 0.717) is 47.7 Å². The highest BCUT2D eigenvalue weighted by molar-refractivity contribution is 6.37. The lowest BCUT2D eigenvalue weighted by molar-refractivity contribution is -0.384. The van der Waals surface area contributed by atoms with Gasteiger partial charge in [0.2, 0.25) is 5.91 Å². The Balaban J connectivity index is 1.62. The maximum Gasteiger partial charge on any atom is 0.407 e. The Kier molecular flexibility index (Phi) is 8.90. The summed E-state index contributed by atoms with van der Waals surface area (Å²) >= 11 is 0. The molecule has 1 aliphatic heterocycles. The number of rotatable bonds is 9. The van der Waals surface area contributed by atoms with Gasteiger partial charge in [0.1, 0.15) is 5.60 Å². The van der Waals surface area contributed by atoms with Gasteiger partial charge in [0.05, 0.1) is 16.2 Å². The van der Waals surface area contributed by atoms with Crippen LogP contribution in [0, 0.1) is 10.1 Å². The molecule has 3 aromatic rings. The zero-order chi connectivity index (χ0) is 30.4. The van der Waals surface area contributed by atoms with E-state index < -0.39 is 16.6 Å². The molecule has 218 valence electrons. The van der Waals surface area contributed by atoms with Gasteiger partial charge >= 0.3 is 6.09 Å². The highest BCUT2D eigenvalue weighted by Crippen LogP contribution is 2.39. The third-order valence-corrected chi connectivity index (χ3v) is 6.30. The van der Waals surface area contributed by atoms with Crippen molar-refractivity contribution in [2.24, 2.45) is 0 Å². The summed E-state index contributed by atoms with van der Waals surface area (Å²) in [7, 11) is 0. The van der Waals surface area contributed by atoms with Crippen molar-refractivity contribution in [3.8, 4) is 0 Å². The number of hydrogen-bond donors (Lipinski definition) is 4. The van der Waals surface area contributed by atoms with Crippen LogP contribution < -0.4 is 21.3 Å². The zero-order valence-corrected chi connectivity index (χ0v) is 23.9. The Morgan fingerprint density at radius 2 is 1.62 bits per heavy atom. The third-order valence-electron chi connectivity index (χ3n) is 6.30. The Morgan fingerprint density at radius 1 is 0.952 bits per heavy atom. The molecule has 0 saturated carbocycles. The number of non-ortho nitro benzene ring substituents is 1. The van der Waals surface area contributed by atoms with Crippen LogP contribution in [0.4, 0.5) is 21.9 Å². The van der Waals surface area contributed by atoms with E-state index >= 15 is 0 Å². The molecular formula is C31H33N5O6. The minimum atomic E-state index is -0.572. The number of nitro benzene ring substituents is 1. The van der Waals surface area contributed by atoms with Gasteiger partial charge in [0, 0.05) is 49.1 Å². The fourth-order valence-electron chi connectivity index (χ4n) is 4.33. The predicted molar refractivity (Wildman–Crippen MR) is 161 cm³/mol. The SMILES string of the molecule is CC(=O)NCc1ccc(/C(Nc2ccc(CCNC(=O)OC(C)(C)C)cc2)=C2/C(=O)Nc3ccc([N+](=O)[O-])cc32)cc1. The van der Waals surface area contributed by atoms with Crippen molar-refractivity contribution in [1.82, 2.24) is 10.6 Å². The van der Waals surface area contributed by atoms with Crippen LogP contribution in [0.2, 0.25) is 0 Å². The summed E-state index contributed by atoms with van der Waals surface area (Å²) in [5.41, 5.74) is 4.16. The van der Waals surface area contributed by atoms with E-state index in [1.165, 1.54) is 25.1 Å². The summed E-state index contributed by atoms with van der Waals surface area (Å²) in [6, 6.07) is 19.1. The summed E-state index contributed by atoms with van der Waals surface area (Å²) in [6.07, 6.45) is 0.110. The van der Waals surface area contributed by atoms with Crippen LogP contribution in [0.15, 0.2) is 66.7 Å². The van der Waals surface area contributed by atoms with Crippen molar-refractivity contribution in [3.05, 3.63) is 99.1 Å². The number of carbonyl (C=O) groups excluding carboxylic acids is 3. The number of nitrogens with zero attached hydrogens (tertiary/aromatic N) is 1. The molecule has 1 heterocycles. The van der Waals surface area contributed by atoms with E-state index in [0.717, 1.165) is 11.1 Å². The first-order valence-electron chi connectivity index (χ1n) is 13.4. The number of carbonyl (C=O) groups is 3. The number of nitro groups is 1. The Bertz CT molecular complexity index is 1540. The molecule has 3 aromatic carbocycles. The van der Waals surface area contributed by atoms with Crippen LogP contribution in [-0.2, 0) is 27.3 Å². The monoisotopic (exact) mass is 571 g/mol. The zero-order valence-electron chi connectivity index (χ0n) is 23.9. The van der Waals surface area contributed by atoms with Crippen molar-refractivity contribution in [2.75, 3.05) is 17.2 Å². The van der Waals surface area contributed by atoms with Gasteiger partial charge in [-0.05, 0) is 62.1 Å². The van der Waals surface area contributed by atoms with Crippen molar-refractivity contribution >= 4 is 46.2 Å². The second-order valence-corrected chi connectivity index (χ2v) is 10.8. The summed E-state index contributed by atoms with van der Waals surface area (Å²) in [6.45, 7) is 7.61. The number of amides is 3. The van der Waals surface area contributed by atoms with Crippen molar-refractivity contribution in [3.63, 3.8) is 0 Å². The number of fused-ring (bicyclic) bond motifs is 1. The first-order chi connectivity index (χ1) is 19.9. The lowest BCUT2D eigenvalue weighted by Gasteiger charge is -2.19. The van der Waals surface area contributed by atoms with Gasteiger partial charge in [0.15, 0.2) is 0 Å². The average molecular weight is 572 g/mol. The Morgan fingerprint density at radius 3 is 2.24 bits per heavy atom. The van der Waals surface area contributed by atoms with E-state index in [4.69, 9.17) is 4.74 Å². The van der Waals surface area contributed by atoms with Gasteiger partial charge in [-0.25, -0.2) is 4.79 Å². The van der Waals surface area contributed by atoms with E-state index in [2.05, 4.69) is 21.3 Å². The fraction of sp³-hybridized carbons (Fsp3) is 0.258. The van der Waals surface area contributed by atoms with Gasteiger partial charge < -0.3 is 26.0 Å². The van der Waals surface area contributed by atoms with Crippen molar-refractivity contribution in [1.29, 1.82) is 0 Å². The molecule has 0 spiro atoms. The molecule has 0 radical (unpaired) electrons. The van der Waals surface area contributed by atoms with Crippen LogP contribution in [0.25, 0.3) is 11.3 Å². The number of alkyl carbamates (subject to hydrolysis) is 1. The first kappa shape index (κ1) is 29.8. The van der Waals surface area contributed by atoms with Gasteiger partial charge in [0.25, 0.3) is 11.6 Å². The summed E-state index contributed by atoms with van der Waals surface area (Å²) in [5, 5.41) is 23.1. The number of benzene rings is 3. The lowest BCUT2D eigenvalue weighted by atomic mass is 9.98. The molecule has 0 atom stereocenters. The molecule has 42 heavy (non-hydrogen) atoms. The van der Waals surface area contributed by atoms with Crippen molar-refractivity contribution in [2.45, 2.75) is 46.3 Å². The van der Waals surface area contributed by atoms with E-state index in [9.17, 15) is 24.5 Å². The maximum absolute atomic E-state index is 13.2. The maximum atomic E-state index is 13.2. The molecule has 1 aliphatic rings. The summed E-state index contributed by atoms with van der Waals surface area (Å²) < 4.78 is 5.26. The predicted octanol–water partition coefficient (Wildman–Crippen LogP) is 5.23.